The van der Waals surface area contributed by atoms with Crippen molar-refractivity contribution < 1.29 is 0 Å². The Bertz CT molecular complexity index is 3490. The van der Waals surface area contributed by atoms with E-state index >= 15 is 0 Å². The van der Waals surface area contributed by atoms with E-state index in [-0.39, 0.29) is 0 Å². The summed E-state index contributed by atoms with van der Waals surface area (Å²) < 4.78 is 2.24. The van der Waals surface area contributed by atoms with Crippen molar-refractivity contribution in [1.29, 1.82) is 0 Å². The second kappa shape index (κ2) is 11.0. The topological polar surface area (TPSA) is 17.8 Å². The van der Waals surface area contributed by atoms with Crippen LogP contribution in [0.2, 0.25) is 0 Å². The number of hydrogen-bond acceptors (Lipinski definition) is 1. The van der Waals surface area contributed by atoms with Gasteiger partial charge in [-0.15, -0.1) is 0 Å². The Labute approximate surface area is 311 Å². The van der Waals surface area contributed by atoms with Crippen LogP contribution < -0.4 is 0 Å². The monoisotopic (exact) mass is 684 g/mol. The second-order valence-corrected chi connectivity index (χ2v) is 14.8. The summed E-state index contributed by atoms with van der Waals surface area (Å²) in [6.07, 6.45) is 0. The predicted octanol–water partition coefficient (Wildman–Crippen LogP) is 14.2. The molecule has 0 aliphatic carbocycles. The quantitative estimate of drug-likeness (QED) is 0.169. The summed E-state index contributed by atoms with van der Waals surface area (Å²) in [5, 5.41) is 18.1. The average Bonchev–Trinajstić information content (AvgIpc) is 3.57. The zero-order valence-corrected chi connectivity index (χ0v) is 29.6. The lowest BCUT2D eigenvalue weighted by molar-refractivity contribution is 1.00. The van der Waals surface area contributed by atoms with Gasteiger partial charge in [0.25, 0.3) is 0 Å². The molecular formula is C52H32N2. The van der Waals surface area contributed by atoms with E-state index in [1.807, 2.05) is 6.07 Å². The van der Waals surface area contributed by atoms with Gasteiger partial charge in [0.2, 0.25) is 0 Å². The van der Waals surface area contributed by atoms with Crippen molar-refractivity contribution in [1.82, 2.24) is 9.55 Å². The van der Waals surface area contributed by atoms with Gasteiger partial charge in [-0.2, -0.15) is 0 Å². The molecular weight excluding hydrogens is 653 g/mol. The predicted molar refractivity (Wildman–Crippen MR) is 230 cm³/mol. The number of hydrogen-bond donors (Lipinski definition) is 0. The number of benzene rings is 10. The fourth-order valence-electron chi connectivity index (χ4n) is 9.33. The Hall–Kier alpha value is -7.03. The van der Waals surface area contributed by atoms with Gasteiger partial charge in [-0.1, -0.05) is 133 Å². The fraction of sp³-hybridized carbons (Fsp3) is 0.0192. The number of para-hydroxylation sites is 2. The van der Waals surface area contributed by atoms with Crippen LogP contribution in [0.3, 0.4) is 0 Å². The van der Waals surface area contributed by atoms with Crippen molar-refractivity contribution in [3.8, 4) is 27.9 Å². The first kappa shape index (κ1) is 29.5. The van der Waals surface area contributed by atoms with Crippen LogP contribution >= 0.6 is 0 Å². The maximum absolute atomic E-state index is 4.79. The van der Waals surface area contributed by atoms with Crippen LogP contribution in [0.25, 0.3) is 114 Å². The number of fused-ring (bicyclic) bond motifs is 4. The highest BCUT2D eigenvalue weighted by atomic mass is 15.1. The number of aromatic nitrogens is 2. The molecule has 0 aliphatic rings. The van der Waals surface area contributed by atoms with Crippen molar-refractivity contribution in [3.05, 3.63) is 182 Å². The zero-order valence-electron chi connectivity index (χ0n) is 29.6. The van der Waals surface area contributed by atoms with E-state index in [9.17, 15) is 0 Å². The molecule has 0 spiro atoms. The molecule has 12 aromatic rings. The van der Waals surface area contributed by atoms with Crippen LogP contribution in [0.5, 0.6) is 0 Å². The van der Waals surface area contributed by atoms with E-state index in [4.69, 9.17) is 4.98 Å². The lowest BCUT2D eigenvalue weighted by Crippen LogP contribution is -1.96. The third-order valence-corrected chi connectivity index (χ3v) is 11.8. The zero-order chi connectivity index (χ0) is 35.5. The van der Waals surface area contributed by atoms with E-state index in [0.29, 0.717) is 0 Å². The van der Waals surface area contributed by atoms with E-state index in [2.05, 4.69) is 181 Å². The first-order valence-electron chi connectivity index (χ1n) is 18.7. The fourth-order valence-corrected chi connectivity index (χ4v) is 9.33. The molecule has 54 heavy (non-hydrogen) atoms. The Balaban J connectivity index is 1.01. The smallest absolute Gasteiger partial charge is 0.111 e. The molecule has 0 aliphatic heterocycles. The molecule has 1 heterocycles. The highest BCUT2D eigenvalue weighted by Gasteiger charge is 2.17. The molecule has 0 amide bonds. The average molecular weight is 685 g/mol. The lowest BCUT2D eigenvalue weighted by atomic mass is 9.86. The van der Waals surface area contributed by atoms with Crippen LogP contribution in [0.15, 0.2) is 176 Å². The van der Waals surface area contributed by atoms with Gasteiger partial charge in [0.15, 0.2) is 0 Å². The number of nitrogens with zero attached hydrogens (tertiary/aromatic N) is 2. The Morgan fingerprint density at radius 1 is 0.352 bits per heavy atom. The van der Waals surface area contributed by atoms with Gasteiger partial charge < -0.3 is 0 Å². The molecule has 0 bridgehead atoms. The van der Waals surface area contributed by atoms with Crippen LogP contribution in [-0.2, 0) is 0 Å². The lowest BCUT2D eigenvalue weighted by Gasteiger charge is -2.17. The van der Waals surface area contributed by atoms with Crippen LogP contribution in [0.4, 0.5) is 0 Å². The molecule has 1 aromatic heterocycles. The van der Waals surface area contributed by atoms with E-state index in [1.54, 1.807) is 0 Å². The van der Waals surface area contributed by atoms with Crippen molar-refractivity contribution in [2.45, 2.75) is 6.92 Å². The van der Waals surface area contributed by atoms with Gasteiger partial charge >= 0.3 is 0 Å². The minimum Gasteiger partial charge on any atom is -0.297 e. The maximum Gasteiger partial charge on any atom is 0.111 e. The molecule has 12 rings (SSSR count). The summed E-state index contributed by atoms with van der Waals surface area (Å²) in [5.74, 6) is 0.992. The van der Waals surface area contributed by atoms with Gasteiger partial charge in [-0.25, -0.2) is 4.98 Å². The number of aryl methyl sites for hydroxylation is 1. The first-order chi connectivity index (χ1) is 26.7. The van der Waals surface area contributed by atoms with Crippen molar-refractivity contribution >= 4 is 86.4 Å². The Kier molecular flexibility index (Phi) is 6.01. The summed E-state index contributed by atoms with van der Waals surface area (Å²) in [6.45, 7) is 2.07. The normalized spacial score (nSPS) is 12.2. The summed E-state index contributed by atoms with van der Waals surface area (Å²) in [5.41, 5.74) is 8.15. The molecule has 0 atom stereocenters. The van der Waals surface area contributed by atoms with Crippen molar-refractivity contribution in [2.24, 2.45) is 0 Å². The second-order valence-electron chi connectivity index (χ2n) is 14.8. The van der Waals surface area contributed by atoms with Crippen LogP contribution in [0, 0.1) is 6.92 Å². The number of imidazole rings is 1. The Morgan fingerprint density at radius 2 is 0.852 bits per heavy atom. The minimum atomic E-state index is 0.992. The van der Waals surface area contributed by atoms with Gasteiger partial charge in [0, 0.05) is 5.69 Å². The van der Waals surface area contributed by atoms with Gasteiger partial charge in [-0.3, -0.25) is 4.57 Å². The molecule has 0 unspecified atom stereocenters. The SMILES string of the molecule is Cc1nc2ccccc2n1-c1ccc2cc(-c3ccc(-c4cc5ccc6cccc7c8cccc9ccc%10cccc(c(c4)c5c67)c%10c98)cc3)ccc2c1. The third-order valence-electron chi connectivity index (χ3n) is 11.8. The van der Waals surface area contributed by atoms with Crippen molar-refractivity contribution in [3.63, 3.8) is 0 Å². The standard InChI is InChI=1S/C52H32N2/c1-31-53-47-13-2-3-14-48(47)54(31)42-26-25-38-27-37(22-23-39(38)29-42)32-15-17-33(18-16-32)41-28-40-24-21-36-8-5-11-44-43-10-4-7-34-19-20-35-9-6-12-45(51(35)49(34)43)46(30-41)52(40)50(36)44/h2-30H,1H3. The van der Waals surface area contributed by atoms with Gasteiger partial charge in [0.05, 0.1) is 11.0 Å². The summed E-state index contributed by atoms with van der Waals surface area (Å²) >= 11 is 0. The molecule has 0 radical (unpaired) electrons. The molecule has 0 saturated carbocycles. The summed E-state index contributed by atoms with van der Waals surface area (Å²) in [4.78, 5) is 4.79. The van der Waals surface area contributed by atoms with E-state index in [0.717, 1.165) is 22.5 Å². The summed E-state index contributed by atoms with van der Waals surface area (Å²) in [7, 11) is 0. The molecule has 0 N–H and O–H groups in total. The van der Waals surface area contributed by atoms with Gasteiger partial charge in [0.1, 0.15) is 5.82 Å². The van der Waals surface area contributed by atoms with Crippen molar-refractivity contribution in [2.75, 3.05) is 0 Å². The molecule has 2 nitrogen and oxygen atoms in total. The highest BCUT2D eigenvalue weighted by molar-refractivity contribution is 6.37. The molecule has 11 aromatic carbocycles. The third kappa shape index (κ3) is 4.19. The van der Waals surface area contributed by atoms with E-state index in [1.165, 1.54) is 97.7 Å². The first-order valence-corrected chi connectivity index (χ1v) is 18.7. The van der Waals surface area contributed by atoms with Crippen LogP contribution in [-0.4, -0.2) is 9.55 Å². The summed E-state index contributed by atoms with van der Waals surface area (Å²) in [6, 6.07) is 65.3. The van der Waals surface area contributed by atoms with E-state index < -0.39 is 0 Å². The van der Waals surface area contributed by atoms with Crippen LogP contribution in [0.1, 0.15) is 5.82 Å². The molecule has 0 saturated heterocycles. The molecule has 250 valence electrons. The largest absolute Gasteiger partial charge is 0.297 e. The molecule has 2 heteroatoms. The molecule has 0 fully saturated rings. The minimum absolute atomic E-state index is 0.992. The highest BCUT2D eigenvalue weighted by Crippen LogP contribution is 2.44. The van der Waals surface area contributed by atoms with Gasteiger partial charge in [-0.05, 0) is 147 Å². The number of rotatable bonds is 3. The Morgan fingerprint density at radius 3 is 1.54 bits per heavy atom. The maximum atomic E-state index is 4.79.